The molecule has 0 aliphatic rings. The number of carbonyl (C=O) groups excluding carboxylic acids is 2. The number of ether oxygens (including phenoxy) is 1. The second-order valence-corrected chi connectivity index (χ2v) is 8.37. The van der Waals surface area contributed by atoms with Crippen LogP contribution in [0.4, 0.5) is 5.69 Å². The molecule has 31 heavy (non-hydrogen) atoms. The number of rotatable bonds is 6. The zero-order valence-corrected chi connectivity index (χ0v) is 18.3. The Labute approximate surface area is 185 Å². The van der Waals surface area contributed by atoms with E-state index in [1.807, 2.05) is 18.2 Å². The lowest BCUT2D eigenvalue weighted by Gasteiger charge is -2.08. The van der Waals surface area contributed by atoms with Gasteiger partial charge in [0.15, 0.2) is 0 Å². The zero-order chi connectivity index (χ0) is 21.8. The molecule has 0 spiro atoms. The molecular formula is C26H23NO3S. The lowest BCUT2D eigenvalue weighted by molar-refractivity contribution is 0.0526. The standard InChI is InChI=1S/C26H23NO3S/c1-3-30-26(29)19-12-14-20(15-13-19)27-25(28)24-22(16-18-10-8-17(2)9-11-18)21-6-4-5-7-23(21)31-24/h4-15H,3,16H2,1-2H3,(H,27,28). The maximum atomic E-state index is 13.2. The molecule has 0 unspecified atom stereocenters. The van der Waals surface area contributed by atoms with Gasteiger partial charge in [0.2, 0.25) is 0 Å². The van der Waals surface area contributed by atoms with E-state index in [4.69, 9.17) is 4.74 Å². The van der Waals surface area contributed by atoms with Crippen molar-refractivity contribution in [3.63, 3.8) is 0 Å². The minimum absolute atomic E-state index is 0.146. The highest BCUT2D eigenvalue weighted by molar-refractivity contribution is 7.21. The molecule has 156 valence electrons. The van der Waals surface area contributed by atoms with Gasteiger partial charge in [0, 0.05) is 10.4 Å². The van der Waals surface area contributed by atoms with Crippen molar-refractivity contribution in [1.82, 2.24) is 0 Å². The average Bonchev–Trinajstić information content (AvgIpc) is 3.14. The molecule has 4 rings (SSSR count). The van der Waals surface area contributed by atoms with Crippen molar-refractivity contribution in [2.75, 3.05) is 11.9 Å². The van der Waals surface area contributed by atoms with Crippen LogP contribution in [0.25, 0.3) is 10.1 Å². The number of hydrogen-bond donors (Lipinski definition) is 1. The molecule has 3 aromatic carbocycles. The summed E-state index contributed by atoms with van der Waals surface area (Å²) < 4.78 is 6.10. The third-order valence-electron chi connectivity index (χ3n) is 5.06. The van der Waals surface area contributed by atoms with Crippen LogP contribution in [0.2, 0.25) is 0 Å². The highest BCUT2D eigenvalue weighted by Crippen LogP contribution is 2.33. The van der Waals surface area contributed by atoms with Gasteiger partial charge < -0.3 is 10.1 Å². The Balaban J connectivity index is 1.61. The molecule has 0 fully saturated rings. The van der Waals surface area contributed by atoms with Crippen molar-refractivity contribution >= 4 is 39.0 Å². The van der Waals surface area contributed by atoms with E-state index in [0.717, 1.165) is 15.6 Å². The predicted octanol–water partition coefficient (Wildman–Crippen LogP) is 6.23. The lowest BCUT2D eigenvalue weighted by Crippen LogP contribution is -2.13. The number of carbonyl (C=O) groups is 2. The van der Waals surface area contributed by atoms with E-state index in [9.17, 15) is 9.59 Å². The molecule has 0 atom stereocenters. The van der Waals surface area contributed by atoms with E-state index in [1.54, 1.807) is 31.2 Å². The third kappa shape index (κ3) is 4.67. The van der Waals surface area contributed by atoms with Crippen LogP contribution in [-0.2, 0) is 11.2 Å². The number of hydrogen-bond acceptors (Lipinski definition) is 4. The smallest absolute Gasteiger partial charge is 0.338 e. The van der Waals surface area contributed by atoms with Crippen LogP contribution in [0.3, 0.4) is 0 Å². The summed E-state index contributed by atoms with van der Waals surface area (Å²) >= 11 is 1.50. The SMILES string of the molecule is CCOC(=O)c1ccc(NC(=O)c2sc3ccccc3c2Cc2ccc(C)cc2)cc1. The molecule has 0 saturated carbocycles. The molecule has 0 bridgehead atoms. The molecule has 1 N–H and O–H groups in total. The fraction of sp³-hybridized carbons (Fsp3) is 0.154. The number of amides is 1. The van der Waals surface area contributed by atoms with Gasteiger partial charge in [0.25, 0.3) is 5.91 Å². The van der Waals surface area contributed by atoms with E-state index < -0.39 is 0 Å². The number of esters is 1. The summed E-state index contributed by atoms with van der Waals surface area (Å²) in [5, 5.41) is 4.08. The maximum Gasteiger partial charge on any atom is 0.338 e. The van der Waals surface area contributed by atoms with E-state index in [1.165, 1.54) is 22.5 Å². The molecule has 5 heteroatoms. The normalized spacial score (nSPS) is 10.8. The summed E-state index contributed by atoms with van der Waals surface area (Å²) in [6.07, 6.45) is 0.689. The zero-order valence-electron chi connectivity index (χ0n) is 17.5. The first-order chi connectivity index (χ1) is 15.0. The summed E-state index contributed by atoms with van der Waals surface area (Å²) in [6, 6.07) is 23.3. The largest absolute Gasteiger partial charge is 0.462 e. The van der Waals surface area contributed by atoms with Crippen LogP contribution in [0.1, 0.15) is 43.6 Å². The second-order valence-electron chi connectivity index (χ2n) is 7.32. The van der Waals surface area contributed by atoms with Gasteiger partial charge in [0.05, 0.1) is 17.0 Å². The Morgan fingerprint density at radius 3 is 2.35 bits per heavy atom. The molecule has 1 amide bonds. The number of nitrogens with one attached hydrogen (secondary N) is 1. The van der Waals surface area contributed by atoms with Gasteiger partial charge in [-0.15, -0.1) is 11.3 Å². The molecule has 1 heterocycles. The fourth-order valence-corrected chi connectivity index (χ4v) is 4.58. The average molecular weight is 430 g/mol. The number of anilines is 1. The van der Waals surface area contributed by atoms with Crippen LogP contribution in [0, 0.1) is 6.92 Å². The van der Waals surface area contributed by atoms with Gasteiger partial charge >= 0.3 is 5.97 Å². The van der Waals surface area contributed by atoms with Crippen molar-refractivity contribution in [2.24, 2.45) is 0 Å². The van der Waals surface area contributed by atoms with Gasteiger partial charge in [-0.05, 0) is 67.1 Å². The van der Waals surface area contributed by atoms with Gasteiger partial charge in [-0.3, -0.25) is 4.79 Å². The quantitative estimate of drug-likeness (QED) is 0.370. The fourth-order valence-electron chi connectivity index (χ4n) is 3.46. The first-order valence-electron chi connectivity index (χ1n) is 10.2. The van der Waals surface area contributed by atoms with E-state index in [2.05, 4.69) is 42.6 Å². The highest BCUT2D eigenvalue weighted by atomic mass is 32.1. The van der Waals surface area contributed by atoms with Gasteiger partial charge in [0.1, 0.15) is 0 Å². The lowest BCUT2D eigenvalue weighted by atomic mass is 10.0. The number of aryl methyl sites for hydroxylation is 1. The van der Waals surface area contributed by atoms with E-state index in [-0.39, 0.29) is 11.9 Å². The van der Waals surface area contributed by atoms with Crippen molar-refractivity contribution in [1.29, 1.82) is 0 Å². The number of benzene rings is 3. The van der Waals surface area contributed by atoms with Crippen LogP contribution in [0.15, 0.2) is 72.8 Å². The van der Waals surface area contributed by atoms with Crippen LogP contribution >= 0.6 is 11.3 Å². The Kier molecular flexibility index (Phi) is 6.14. The second kappa shape index (κ2) is 9.14. The molecule has 4 nitrogen and oxygen atoms in total. The molecule has 0 radical (unpaired) electrons. The molecule has 1 aromatic heterocycles. The summed E-state index contributed by atoms with van der Waals surface area (Å²) in [5.41, 5.74) is 4.51. The number of fused-ring (bicyclic) bond motifs is 1. The Bertz CT molecular complexity index is 1220. The predicted molar refractivity (Wildman–Crippen MR) is 126 cm³/mol. The van der Waals surface area contributed by atoms with Crippen molar-refractivity contribution in [3.8, 4) is 0 Å². The van der Waals surface area contributed by atoms with E-state index in [0.29, 0.717) is 29.2 Å². The van der Waals surface area contributed by atoms with Gasteiger partial charge in [-0.25, -0.2) is 4.79 Å². The van der Waals surface area contributed by atoms with Crippen LogP contribution in [0.5, 0.6) is 0 Å². The molecule has 0 saturated heterocycles. The third-order valence-corrected chi connectivity index (χ3v) is 6.27. The Morgan fingerprint density at radius 1 is 0.935 bits per heavy atom. The summed E-state index contributed by atoms with van der Waals surface area (Å²) in [7, 11) is 0. The first kappa shape index (κ1) is 20.8. The Hall–Kier alpha value is -3.44. The van der Waals surface area contributed by atoms with E-state index >= 15 is 0 Å². The monoisotopic (exact) mass is 429 g/mol. The molecular weight excluding hydrogens is 406 g/mol. The minimum atomic E-state index is -0.370. The topological polar surface area (TPSA) is 55.4 Å². The Morgan fingerprint density at radius 2 is 1.65 bits per heavy atom. The molecule has 0 aliphatic heterocycles. The number of thiophene rings is 1. The van der Waals surface area contributed by atoms with Crippen LogP contribution in [-0.4, -0.2) is 18.5 Å². The van der Waals surface area contributed by atoms with Crippen LogP contribution < -0.4 is 5.32 Å². The summed E-state index contributed by atoms with van der Waals surface area (Å²) in [5.74, 6) is -0.516. The molecule has 0 aliphatic carbocycles. The van der Waals surface area contributed by atoms with Gasteiger partial charge in [-0.1, -0.05) is 48.0 Å². The van der Waals surface area contributed by atoms with Crippen molar-refractivity contribution in [3.05, 3.63) is 99.9 Å². The van der Waals surface area contributed by atoms with Gasteiger partial charge in [-0.2, -0.15) is 0 Å². The minimum Gasteiger partial charge on any atom is -0.462 e. The highest BCUT2D eigenvalue weighted by Gasteiger charge is 2.19. The maximum absolute atomic E-state index is 13.2. The van der Waals surface area contributed by atoms with Crippen molar-refractivity contribution < 1.29 is 14.3 Å². The summed E-state index contributed by atoms with van der Waals surface area (Å²) in [6.45, 7) is 4.16. The first-order valence-corrected chi connectivity index (χ1v) is 11.0. The van der Waals surface area contributed by atoms with Crippen molar-refractivity contribution in [2.45, 2.75) is 20.3 Å². The molecule has 4 aromatic rings. The summed E-state index contributed by atoms with van der Waals surface area (Å²) in [4.78, 5) is 25.7.